The predicted molar refractivity (Wildman–Crippen MR) is 61.8 cm³/mol. The molecule has 6 nitrogen and oxygen atoms in total. The number of hydrogen-bond donors (Lipinski definition) is 3. The highest BCUT2D eigenvalue weighted by atomic mass is 16.4. The van der Waals surface area contributed by atoms with Crippen molar-refractivity contribution in [3.05, 3.63) is 29.8 Å². The highest BCUT2D eigenvalue weighted by Gasteiger charge is 2.08. The topological polar surface area (TPSA) is 91.0 Å². The fraction of sp³-hybridized carbons (Fsp3) is 0.200. The summed E-state index contributed by atoms with van der Waals surface area (Å²) in [4.78, 5) is 12.8. The monoisotopic (exact) mass is 222 g/mol. The van der Waals surface area contributed by atoms with Crippen LogP contribution in [0.5, 0.6) is 0 Å². The number of carbonyl (C=O) groups excluding carboxylic acids is 1. The van der Waals surface area contributed by atoms with Crippen molar-refractivity contribution in [1.29, 1.82) is 0 Å². The van der Waals surface area contributed by atoms with Gasteiger partial charge in [-0.15, -0.1) is 0 Å². The Morgan fingerprint density at radius 1 is 1.44 bits per heavy atom. The van der Waals surface area contributed by atoms with E-state index in [-0.39, 0.29) is 11.9 Å². The number of benzene rings is 1. The van der Waals surface area contributed by atoms with Crippen molar-refractivity contribution in [3.8, 4) is 0 Å². The van der Waals surface area contributed by atoms with Crippen molar-refractivity contribution < 1.29 is 10.0 Å². The Morgan fingerprint density at radius 3 is 2.44 bits per heavy atom. The maximum atomic E-state index is 11.3. The van der Waals surface area contributed by atoms with Gasteiger partial charge in [0.2, 0.25) is 0 Å². The molecule has 0 fully saturated rings. The summed E-state index contributed by atoms with van der Waals surface area (Å²) >= 11 is 0. The van der Waals surface area contributed by atoms with E-state index in [1.54, 1.807) is 38.4 Å². The van der Waals surface area contributed by atoms with Gasteiger partial charge in [-0.2, -0.15) is 0 Å². The minimum atomic E-state index is -0.212. The number of oxime groups is 1. The van der Waals surface area contributed by atoms with E-state index in [0.717, 1.165) is 0 Å². The van der Waals surface area contributed by atoms with Gasteiger partial charge in [0.15, 0.2) is 5.84 Å². The van der Waals surface area contributed by atoms with Gasteiger partial charge in [0.05, 0.1) is 0 Å². The maximum Gasteiger partial charge on any atom is 0.321 e. The number of hydrogen-bond acceptors (Lipinski definition) is 3. The minimum absolute atomic E-state index is 0.0362. The van der Waals surface area contributed by atoms with Crippen LogP contribution in [0.15, 0.2) is 29.4 Å². The van der Waals surface area contributed by atoms with E-state index in [4.69, 9.17) is 10.9 Å². The number of anilines is 1. The molecule has 0 saturated carbocycles. The molecule has 1 aromatic carbocycles. The maximum absolute atomic E-state index is 11.3. The van der Waals surface area contributed by atoms with Crippen molar-refractivity contribution in [2.45, 2.75) is 0 Å². The molecule has 4 N–H and O–H groups in total. The van der Waals surface area contributed by atoms with Crippen LogP contribution >= 0.6 is 0 Å². The highest BCUT2D eigenvalue weighted by Crippen LogP contribution is 2.13. The first kappa shape index (κ1) is 11.8. The van der Waals surface area contributed by atoms with Crippen LogP contribution in [0.3, 0.4) is 0 Å². The van der Waals surface area contributed by atoms with Crippen molar-refractivity contribution in [2.75, 3.05) is 19.0 Å². The van der Waals surface area contributed by atoms with Crippen LogP contribution in [-0.4, -0.2) is 31.2 Å². The molecular formula is C10H14N4O2. The number of urea groups is 1. The molecule has 0 spiro atoms. The molecule has 0 saturated heterocycles. The third kappa shape index (κ3) is 2.41. The summed E-state index contributed by atoms with van der Waals surface area (Å²) in [6.07, 6.45) is 0. The van der Waals surface area contributed by atoms with Gasteiger partial charge in [-0.05, 0) is 24.3 Å². The fourth-order valence-corrected chi connectivity index (χ4v) is 1.20. The van der Waals surface area contributed by atoms with Gasteiger partial charge in [0, 0.05) is 25.3 Å². The second-order valence-corrected chi connectivity index (χ2v) is 3.15. The zero-order chi connectivity index (χ0) is 12.1. The number of nitrogens with zero attached hydrogens (tertiary/aromatic N) is 2. The molecule has 0 bridgehead atoms. The lowest BCUT2D eigenvalue weighted by Gasteiger charge is -2.16. The van der Waals surface area contributed by atoms with Crippen molar-refractivity contribution >= 4 is 17.6 Å². The standard InChI is InChI=1S/C10H14N4O2/c1-12-10(15)14(2)8-5-3-7(4-6-8)9(11)13-16/h3-6,16H,1-2H3,(H2,11,13)(H,12,15). The van der Waals surface area contributed by atoms with Gasteiger partial charge in [-0.25, -0.2) is 4.79 Å². The summed E-state index contributed by atoms with van der Waals surface area (Å²) in [5.74, 6) is 0.0362. The van der Waals surface area contributed by atoms with E-state index >= 15 is 0 Å². The van der Waals surface area contributed by atoms with Gasteiger partial charge < -0.3 is 16.3 Å². The molecule has 0 heterocycles. The molecule has 1 aromatic rings. The first-order valence-electron chi connectivity index (χ1n) is 4.63. The third-order valence-corrected chi connectivity index (χ3v) is 2.18. The molecule has 0 atom stereocenters. The van der Waals surface area contributed by atoms with Crippen LogP contribution in [0.25, 0.3) is 0 Å². The van der Waals surface area contributed by atoms with Crippen LogP contribution < -0.4 is 16.0 Å². The van der Waals surface area contributed by atoms with E-state index < -0.39 is 0 Å². The first-order valence-corrected chi connectivity index (χ1v) is 4.63. The zero-order valence-corrected chi connectivity index (χ0v) is 9.14. The Balaban J connectivity index is 2.91. The van der Waals surface area contributed by atoms with Crippen molar-refractivity contribution in [3.63, 3.8) is 0 Å². The summed E-state index contributed by atoms with van der Waals surface area (Å²) in [6, 6.07) is 6.55. The van der Waals surface area contributed by atoms with Gasteiger partial charge in [-0.1, -0.05) is 5.16 Å². The third-order valence-electron chi connectivity index (χ3n) is 2.18. The summed E-state index contributed by atoms with van der Waals surface area (Å²) < 4.78 is 0. The normalized spacial score (nSPS) is 11.0. The molecule has 0 aliphatic rings. The lowest BCUT2D eigenvalue weighted by Crippen LogP contribution is -2.34. The number of nitrogens with two attached hydrogens (primary N) is 1. The van der Waals surface area contributed by atoms with Crippen LogP contribution in [0, 0.1) is 0 Å². The Labute approximate surface area is 93.3 Å². The molecule has 0 aromatic heterocycles. The van der Waals surface area contributed by atoms with Crippen molar-refractivity contribution in [1.82, 2.24) is 5.32 Å². The first-order chi connectivity index (χ1) is 7.60. The second-order valence-electron chi connectivity index (χ2n) is 3.15. The molecule has 0 aliphatic heterocycles. The predicted octanol–water partition coefficient (Wildman–Crippen LogP) is 0.557. The lowest BCUT2D eigenvalue weighted by atomic mass is 10.2. The summed E-state index contributed by atoms with van der Waals surface area (Å²) in [7, 11) is 3.21. The average molecular weight is 222 g/mol. The molecule has 6 heteroatoms. The Hall–Kier alpha value is -2.24. The van der Waals surface area contributed by atoms with Gasteiger partial charge in [0.1, 0.15) is 0 Å². The lowest BCUT2D eigenvalue weighted by molar-refractivity contribution is 0.249. The average Bonchev–Trinajstić information content (AvgIpc) is 2.36. The van der Waals surface area contributed by atoms with Crippen molar-refractivity contribution in [2.24, 2.45) is 10.9 Å². The summed E-state index contributed by atoms with van der Waals surface area (Å²) in [5, 5.41) is 13.9. The summed E-state index contributed by atoms with van der Waals surface area (Å²) in [6.45, 7) is 0. The van der Waals surface area contributed by atoms with Crippen LogP contribution in [0.1, 0.15) is 5.56 Å². The van der Waals surface area contributed by atoms with E-state index in [9.17, 15) is 4.79 Å². The van der Waals surface area contributed by atoms with E-state index in [1.807, 2.05) is 0 Å². The largest absolute Gasteiger partial charge is 0.409 e. The molecule has 16 heavy (non-hydrogen) atoms. The molecule has 0 aliphatic carbocycles. The van der Waals surface area contributed by atoms with E-state index in [2.05, 4.69) is 10.5 Å². The number of rotatable bonds is 2. The smallest absolute Gasteiger partial charge is 0.321 e. The van der Waals surface area contributed by atoms with Gasteiger partial charge in [-0.3, -0.25) is 4.90 Å². The van der Waals surface area contributed by atoms with Gasteiger partial charge >= 0.3 is 6.03 Å². The molecule has 2 amide bonds. The van der Waals surface area contributed by atoms with Crippen LogP contribution in [0.4, 0.5) is 10.5 Å². The summed E-state index contributed by atoms with van der Waals surface area (Å²) in [5.41, 5.74) is 6.72. The zero-order valence-electron chi connectivity index (χ0n) is 9.14. The molecule has 0 radical (unpaired) electrons. The Bertz CT molecular complexity index is 400. The fourth-order valence-electron chi connectivity index (χ4n) is 1.20. The molecule has 0 unspecified atom stereocenters. The molecule has 86 valence electrons. The Morgan fingerprint density at radius 2 is 2.00 bits per heavy atom. The highest BCUT2D eigenvalue weighted by molar-refractivity contribution is 5.98. The SMILES string of the molecule is CNC(=O)N(C)c1ccc(/C(N)=N/O)cc1. The number of carbonyl (C=O) groups is 1. The molecule has 1 rings (SSSR count). The van der Waals surface area contributed by atoms with Gasteiger partial charge in [0.25, 0.3) is 0 Å². The van der Waals surface area contributed by atoms with Crippen LogP contribution in [0.2, 0.25) is 0 Å². The number of nitrogens with one attached hydrogen (secondary N) is 1. The Kier molecular flexibility index (Phi) is 3.71. The minimum Gasteiger partial charge on any atom is -0.409 e. The quantitative estimate of drug-likeness (QED) is 0.295. The second kappa shape index (κ2) is 5.01. The molecular weight excluding hydrogens is 208 g/mol. The van der Waals surface area contributed by atoms with E-state index in [0.29, 0.717) is 11.3 Å². The van der Waals surface area contributed by atoms with E-state index in [1.165, 1.54) is 4.90 Å². The number of amides is 2. The van der Waals surface area contributed by atoms with Crippen LogP contribution in [-0.2, 0) is 0 Å². The number of amidine groups is 1.